The van der Waals surface area contributed by atoms with E-state index in [-0.39, 0.29) is 36.8 Å². The molecule has 0 radical (unpaired) electrons. The zero-order valence-corrected chi connectivity index (χ0v) is 23.5. The molecule has 8 nitrogen and oxygen atoms in total. The molecule has 3 atom stereocenters. The highest BCUT2D eigenvalue weighted by Crippen LogP contribution is 2.35. The van der Waals surface area contributed by atoms with Crippen LogP contribution in [0, 0.1) is 0 Å². The average molecular weight is 538 g/mol. The lowest BCUT2D eigenvalue weighted by Gasteiger charge is -2.47. The summed E-state index contributed by atoms with van der Waals surface area (Å²) in [5.74, 6) is -0.598. The summed E-state index contributed by atoms with van der Waals surface area (Å²) < 4.78 is 5.67. The summed E-state index contributed by atoms with van der Waals surface area (Å²) in [4.78, 5) is 30.9. The van der Waals surface area contributed by atoms with E-state index in [1.54, 1.807) is 6.07 Å². The monoisotopic (exact) mass is 537 g/mol. The molecule has 2 saturated heterocycles. The number of carboxylic acids is 1. The van der Waals surface area contributed by atoms with E-state index >= 15 is 0 Å². The fourth-order valence-electron chi connectivity index (χ4n) is 5.98. The first-order valence-corrected chi connectivity index (χ1v) is 14.3. The van der Waals surface area contributed by atoms with Gasteiger partial charge in [0, 0.05) is 43.8 Å². The minimum absolute atomic E-state index is 0.000923. The van der Waals surface area contributed by atoms with Crippen LogP contribution in [0.15, 0.2) is 48.5 Å². The van der Waals surface area contributed by atoms with E-state index in [9.17, 15) is 14.7 Å². The van der Waals surface area contributed by atoms with E-state index in [0.717, 1.165) is 37.2 Å². The highest BCUT2D eigenvalue weighted by Gasteiger charge is 2.35. The molecule has 0 spiro atoms. The summed E-state index contributed by atoms with van der Waals surface area (Å²) in [7, 11) is 0. The lowest BCUT2D eigenvalue weighted by molar-refractivity contribution is -0.138. The van der Waals surface area contributed by atoms with Crippen LogP contribution in [0.2, 0.25) is 0 Å². The first kappa shape index (κ1) is 29.1. The topological polar surface area (TPSA) is 93.5 Å². The molecule has 0 bridgehead atoms. The molecule has 2 aliphatic rings. The van der Waals surface area contributed by atoms with Gasteiger partial charge < -0.3 is 19.8 Å². The first-order chi connectivity index (χ1) is 18.8. The number of benzene rings is 2. The van der Waals surface area contributed by atoms with Crippen molar-refractivity contribution < 1.29 is 24.5 Å². The summed E-state index contributed by atoms with van der Waals surface area (Å²) in [6, 6.07) is 16.2. The van der Waals surface area contributed by atoms with Gasteiger partial charge in [-0.3, -0.25) is 19.4 Å². The number of ether oxygens (including phenoxy) is 1. The Morgan fingerprint density at radius 2 is 1.72 bits per heavy atom. The normalized spacial score (nSPS) is 22.1. The van der Waals surface area contributed by atoms with Gasteiger partial charge in [0.05, 0.1) is 25.2 Å². The number of rotatable bonds is 10. The predicted molar refractivity (Wildman–Crippen MR) is 151 cm³/mol. The summed E-state index contributed by atoms with van der Waals surface area (Å²) in [6.45, 7) is 11.2. The van der Waals surface area contributed by atoms with Crippen LogP contribution in [0.1, 0.15) is 74.0 Å². The van der Waals surface area contributed by atoms with Gasteiger partial charge in [-0.25, -0.2) is 0 Å². The number of piperidine rings is 1. The molecule has 0 aliphatic carbocycles. The number of likely N-dealkylation sites (tertiary alicyclic amines) is 1. The Kier molecular flexibility index (Phi) is 9.99. The van der Waals surface area contributed by atoms with Crippen molar-refractivity contribution in [1.29, 1.82) is 0 Å². The highest BCUT2D eigenvalue weighted by molar-refractivity contribution is 5.94. The minimum atomic E-state index is -0.861. The van der Waals surface area contributed by atoms with E-state index in [1.807, 2.05) is 29.2 Å². The largest absolute Gasteiger partial charge is 0.508 e. The highest BCUT2D eigenvalue weighted by atomic mass is 16.5. The number of hydrogen-bond donors (Lipinski definition) is 2. The number of hydrogen-bond acceptors (Lipinski definition) is 6. The van der Waals surface area contributed by atoms with Crippen LogP contribution in [0.4, 0.5) is 0 Å². The zero-order chi connectivity index (χ0) is 27.9. The molecule has 0 aromatic heterocycles. The lowest BCUT2D eigenvalue weighted by atomic mass is 9.92. The van der Waals surface area contributed by atoms with Gasteiger partial charge in [0.1, 0.15) is 5.75 Å². The molecule has 2 fully saturated rings. The van der Waals surface area contributed by atoms with Crippen molar-refractivity contribution in [2.24, 2.45) is 0 Å². The van der Waals surface area contributed by atoms with Gasteiger partial charge in [0.2, 0.25) is 0 Å². The number of carbonyl (C=O) groups is 2. The third-order valence-corrected chi connectivity index (χ3v) is 8.06. The summed E-state index contributed by atoms with van der Waals surface area (Å²) in [5.41, 5.74) is 2.81. The van der Waals surface area contributed by atoms with Gasteiger partial charge in [0.25, 0.3) is 5.91 Å². The Morgan fingerprint density at radius 1 is 1.00 bits per heavy atom. The summed E-state index contributed by atoms with van der Waals surface area (Å²) >= 11 is 0. The SMILES string of the molecule is CCCN1C[C@H](C)N([C@H](c2ccc(C(=O)N3CCC(OCCC(=O)O)CC3)cc2)c2cccc(O)c2)C[C@H]1C. The summed E-state index contributed by atoms with van der Waals surface area (Å²) in [6.07, 6.45) is 2.56. The van der Waals surface area contributed by atoms with Gasteiger partial charge in [-0.1, -0.05) is 31.2 Å². The van der Waals surface area contributed by atoms with E-state index in [2.05, 4.69) is 48.8 Å². The predicted octanol–water partition coefficient (Wildman–Crippen LogP) is 4.38. The number of carboxylic acid groups (broad SMARTS) is 1. The molecule has 39 heavy (non-hydrogen) atoms. The van der Waals surface area contributed by atoms with Gasteiger partial charge in [0.15, 0.2) is 0 Å². The van der Waals surface area contributed by atoms with E-state index in [0.29, 0.717) is 43.6 Å². The number of carbonyl (C=O) groups excluding carboxylic acids is 1. The van der Waals surface area contributed by atoms with Gasteiger partial charge >= 0.3 is 5.97 Å². The number of nitrogens with zero attached hydrogens (tertiary/aromatic N) is 3. The van der Waals surface area contributed by atoms with Crippen molar-refractivity contribution in [2.45, 2.75) is 70.7 Å². The minimum Gasteiger partial charge on any atom is -0.508 e. The fourth-order valence-corrected chi connectivity index (χ4v) is 5.98. The molecule has 2 aliphatic heterocycles. The number of aliphatic carboxylic acids is 1. The fraction of sp³-hybridized carbons (Fsp3) is 0.548. The molecule has 0 unspecified atom stereocenters. The second kappa shape index (κ2) is 13.4. The van der Waals surface area contributed by atoms with Crippen LogP contribution < -0.4 is 0 Å². The first-order valence-electron chi connectivity index (χ1n) is 14.3. The second-order valence-electron chi connectivity index (χ2n) is 11.0. The number of amides is 1. The number of phenolic OH excluding ortho intramolecular Hbond substituents is 1. The number of piperazine rings is 1. The Hall–Kier alpha value is -2.94. The van der Waals surface area contributed by atoms with E-state index in [4.69, 9.17) is 9.84 Å². The maximum atomic E-state index is 13.3. The third kappa shape index (κ3) is 7.38. The molecule has 2 heterocycles. The molecule has 2 N–H and O–H groups in total. The van der Waals surface area contributed by atoms with Crippen LogP contribution in [-0.2, 0) is 9.53 Å². The molecule has 1 amide bonds. The Morgan fingerprint density at radius 3 is 2.36 bits per heavy atom. The summed E-state index contributed by atoms with van der Waals surface area (Å²) in [5, 5.41) is 19.1. The lowest BCUT2D eigenvalue weighted by Crippen LogP contribution is -2.57. The Balaban J connectivity index is 1.47. The van der Waals surface area contributed by atoms with Gasteiger partial charge in [-0.15, -0.1) is 0 Å². The zero-order valence-electron chi connectivity index (χ0n) is 23.5. The molecule has 2 aromatic rings. The van der Waals surface area contributed by atoms with Crippen molar-refractivity contribution in [1.82, 2.24) is 14.7 Å². The van der Waals surface area contributed by atoms with Crippen LogP contribution in [0.3, 0.4) is 0 Å². The van der Waals surface area contributed by atoms with Gasteiger partial charge in [-0.2, -0.15) is 0 Å². The Bertz CT molecular complexity index is 1100. The molecular formula is C31H43N3O5. The second-order valence-corrected chi connectivity index (χ2v) is 11.0. The quantitative estimate of drug-likeness (QED) is 0.465. The molecule has 2 aromatic carbocycles. The maximum Gasteiger partial charge on any atom is 0.305 e. The van der Waals surface area contributed by atoms with Crippen molar-refractivity contribution in [3.05, 3.63) is 65.2 Å². The van der Waals surface area contributed by atoms with E-state index < -0.39 is 5.97 Å². The van der Waals surface area contributed by atoms with Crippen molar-refractivity contribution in [2.75, 3.05) is 39.3 Å². The maximum absolute atomic E-state index is 13.3. The number of aromatic hydroxyl groups is 1. The molecule has 8 heteroatoms. The molecule has 4 rings (SSSR count). The third-order valence-electron chi connectivity index (χ3n) is 8.06. The molecular weight excluding hydrogens is 494 g/mol. The van der Waals surface area contributed by atoms with Gasteiger partial charge in [-0.05, 0) is 75.0 Å². The van der Waals surface area contributed by atoms with E-state index in [1.165, 1.54) is 0 Å². The van der Waals surface area contributed by atoms with Crippen molar-refractivity contribution in [3.8, 4) is 5.75 Å². The smallest absolute Gasteiger partial charge is 0.305 e. The van der Waals surface area contributed by atoms with Crippen LogP contribution in [0.5, 0.6) is 5.75 Å². The molecule has 212 valence electrons. The van der Waals surface area contributed by atoms with Crippen LogP contribution >= 0.6 is 0 Å². The van der Waals surface area contributed by atoms with Crippen molar-refractivity contribution >= 4 is 11.9 Å². The van der Waals surface area contributed by atoms with Crippen molar-refractivity contribution in [3.63, 3.8) is 0 Å². The van der Waals surface area contributed by atoms with Crippen LogP contribution in [0.25, 0.3) is 0 Å². The standard InChI is InChI=1S/C31H43N3O5/c1-4-15-33-20-23(3)34(21-22(33)2)30(26-6-5-7-27(35)19-26)24-8-10-25(11-9-24)31(38)32-16-12-28(13-17-32)39-18-14-29(36)37/h5-11,19,22-23,28,30,35H,4,12-18,20-21H2,1-3H3,(H,36,37)/t22-,23+,30-/m1/s1. The number of phenols is 1. The molecule has 0 saturated carbocycles. The average Bonchev–Trinajstić information content (AvgIpc) is 2.92. The Labute approximate surface area is 232 Å². The van der Waals surface area contributed by atoms with Crippen LogP contribution in [-0.4, -0.2) is 94.3 Å².